The summed E-state index contributed by atoms with van der Waals surface area (Å²) < 4.78 is 1.90. The summed E-state index contributed by atoms with van der Waals surface area (Å²) in [7, 11) is 1.90. The summed E-state index contributed by atoms with van der Waals surface area (Å²) in [5, 5.41) is 12.8. The van der Waals surface area contributed by atoms with Gasteiger partial charge < -0.3 is 9.88 Å². The summed E-state index contributed by atoms with van der Waals surface area (Å²) in [4.78, 5) is 12.2. The van der Waals surface area contributed by atoms with Gasteiger partial charge in [-0.1, -0.05) is 65.8 Å². The Hall–Kier alpha value is -2.31. The van der Waals surface area contributed by atoms with Gasteiger partial charge in [-0.05, 0) is 24.6 Å². The molecular weight excluding hydrogens is 368 g/mol. The summed E-state index contributed by atoms with van der Waals surface area (Å²) in [6, 6.07) is 17.2. The standard InChI is InChI=1S/C19H19ClN4OS/c1-13(14-8-10-16(20)11-9-14)21-17(25)12-26-19-23-22-18(24(19)2)15-6-4-3-5-7-15/h3-11,13H,12H2,1-2H3,(H,21,25)/t13-/m0/s1. The summed E-state index contributed by atoms with van der Waals surface area (Å²) in [5.41, 5.74) is 2.01. The van der Waals surface area contributed by atoms with E-state index in [1.165, 1.54) is 11.8 Å². The van der Waals surface area contributed by atoms with E-state index in [1.54, 1.807) is 0 Å². The molecule has 2 aromatic carbocycles. The van der Waals surface area contributed by atoms with E-state index < -0.39 is 0 Å². The lowest BCUT2D eigenvalue weighted by Gasteiger charge is -2.14. The largest absolute Gasteiger partial charge is 0.349 e. The van der Waals surface area contributed by atoms with Crippen LogP contribution in [0.15, 0.2) is 59.8 Å². The number of nitrogens with zero attached hydrogens (tertiary/aromatic N) is 3. The molecule has 1 N–H and O–H groups in total. The van der Waals surface area contributed by atoms with Gasteiger partial charge >= 0.3 is 0 Å². The van der Waals surface area contributed by atoms with Crippen LogP contribution in [0.2, 0.25) is 5.02 Å². The van der Waals surface area contributed by atoms with E-state index in [-0.39, 0.29) is 17.7 Å². The third-order valence-electron chi connectivity index (χ3n) is 3.95. The van der Waals surface area contributed by atoms with E-state index in [1.807, 2.05) is 73.1 Å². The predicted octanol–water partition coefficient (Wildman–Crippen LogP) is 4.11. The molecule has 0 aliphatic rings. The number of benzene rings is 2. The number of rotatable bonds is 6. The molecule has 3 rings (SSSR count). The molecule has 134 valence electrons. The van der Waals surface area contributed by atoms with Gasteiger partial charge in [0.2, 0.25) is 5.91 Å². The highest BCUT2D eigenvalue weighted by Crippen LogP contribution is 2.22. The molecule has 3 aromatic rings. The van der Waals surface area contributed by atoms with Crippen molar-refractivity contribution in [2.24, 2.45) is 7.05 Å². The molecule has 5 nitrogen and oxygen atoms in total. The van der Waals surface area contributed by atoms with E-state index in [9.17, 15) is 4.79 Å². The normalized spacial score (nSPS) is 12.0. The number of nitrogens with one attached hydrogen (secondary N) is 1. The molecule has 0 aliphatic heterocycles. The molecule has 1 atom stereocenters. The summed E-state index contributed by atoms with van der Waals surface area (Å²) in [5.74, 6) is 1.00. The van der Waals surface area contributed by atoms with Gasteiger partial charge in [-0.25, -0.2) is 0 Å². The Morgan fingerprint density at radius 2 is 1.85 bits per heavy atom. The van der Waals surface area contributed by atoms with Crippen LogP contribution in [0, 0.1) is 0 Å². The second-order valence-corrected chi connectivity index (χ2v) is 7.24. The molecule has 7 heteroatoms. The third-order valence-corrected chi connectivity index (χ3v) is 5.22. The molecular formula is C19H19ClN4OS. The molecule has 1 amide bonds. The average Bonchev–Trinajstić information content (AvgIpc) is 3.02. The monoisotopic (exact) mass is 386 g/mol. The first-order valence-electron chi connectivity index (χ1n) is 8.17. The molecule has 26 heavy (non-hydrogen) atoms. The number of halogens is 1. The van der Waals surface area contributed by atoms with Gasteiger partial charge in [-0.2, -0.15) is 0 Å². The van der Waals surface area contributed by atoms with Crippen LogP contribution in [0.3, 0.4) is 0 Å². The van der Waals surface area contributed by atoms with E-state index in [2.05, 4.69) is 15.5 Å². The van der Waals surface area contributed by atoms with Crippen LogP contribution in [0.5, 0.6) is 0 Å². The molecule has 1 heterocycles. The Kier molecular flexibility index (Phi) is 5.96. The molecule has 0 aliphatic carbocycles. The highest BCUT2D eigenvalue weighted by Gasteiger charge is 2.14. The van der Waals surface area contributed by atoms with Gasteiger partial charge in [0.25, 0.3) is 0 Å². The Bertz CT molecular complexity index is 880. The van der Waals surface area contributed by atoms with Crippen molar-refractivity contribution >= 4 is 29.3 Å². The van der Waals surface area contributed by atoms with Gasteiger partial charge in [0, 0.05) is 17.6 Å². The summed E-state index contributed by atoms with van der Waals surface area (Å²) in [6.45, 7) is 1.95. The van der Waals surface area contributed by atoms with Crippen molar-refractivity contribution < 1.29 is 4.79 Å². The zero-order valence-corrected chi connectivity index (χ0v) is 16.1. The predicted molar refractivity (Wildman–Crippen MR) is 105 cm³/mol. The minimum absolute atomic E-state index is 0.0540. The zero-order valence-electron chi connectivity index (χ0n) is 14.5. The van der Waals surface area contributed by atoms with Gasteiger partial charge in [0.15, 0.2) is 11.0 Å². The highest BCUT2D eigenvalue weighted by molar-refractivity contribution is 7.99. The Balaban J connectivity index is 1.58. The molecule has 0 saturated carbocycles. The first-order valence-corrected chi connectivity index (χ1v) is 9.53. The van der Waals surface area contributed by atoms with Gasteiger partial charge in [0.1, 0.15) is 0 Å². The number of carbonyl (C=O) groups excluding carboxylic acids is 1. The van der Waals surface area contributed by atoms with Crippen LogP contribution < -0.4 is 5.32 Å². The minimum Gasteiger partial charge on any atom is -0.349 e. The molecule has 0 unspecified atom stereocenters. The van der Waals surface area contributed by atoms with E-state index in [4.69, 9.17) is 11.6 Å². The first-order chi connectivity index (χ1) is 12.5. The topological polar surface area (TPSA) is 59.8 Å². The zero-order chi connectivity index (χ0) is 18.5. The quantitative estimate of drug-likeness (QED) is 0.648. The van der Waals surface area contributed by atoms with Crippen molar-refractivity contribution in [2.45, 2.75) is 18.1 Å². The van der Waals surface area contributed by atoms with Crippen molar-refractivity contribution in [3.05, 3.63) is 65.2 Å². The van der Waals surface area contributed by atoms with Crippen LogP contribution in [-0.2, 0) is 11.8 Å². The molecule has 0 bridgehead atoms. The number of aromatic nitrogens is 3. The van der Waals surface area contributed by atoms with Crippen LogP contribution in [0.1, 0.15) is 18.5 Å². The summed E-state index contributed by atoms with van der Waals surface area (Å²) >= 11 is 7.26. The van der Waals surface area contributed by atoms with Gasteiger partial charge in [-0.15, -0.1) is 10.2 Å². The Morgan fingerprint density at radius 1 is 1.15 bits per heavy atom. The van der Waals surface area contributed by atoms with Crippen LogP contribution in [-0.4, -0.2) is 26.4 Å². The fourth-order valence-electron chi connectivity index (χ4n) is 2.53. The van der Waals surface area contributed by atoms with Gasteiger partial charge in [-0.3, -0.25) is 4.79 Å². The fraction of sp³-hybridized carbons (Fsp3) is 0.211. The molecule has 0 saturated heterocycles. The van der Waals surface area contributed by atoms with Crippen LogP contribution >= 0.6 is 23.4 Å². The smallest absolute Gasteiger partial charge is 0.230 e. The highest BCUT2D eigenvalue weighted by atomic mass is 35.5. The second-order valence-electron chi connectivity index (χ2n) is 5.86. The van der Waals surface area contributed by atoms with Crippen molar-refractivity contribution in [3.8, 4) is 11.4 Å². The maximum atomic E-state index is 12.2. The van der Waals surface area contributed by atoms with Gasteiger partial charge in [0.05, 0.1) is 11.8 Å². The molecule has 0 fully saturated rings. The maximum Gasteiger partial charge on any atom is 0.230 e. The molecule has 0 spiro atoms. The van der Waals surface area contributed by atoms with E-state index >= 15 is 0 Å². The maximum absolute atomic E-state index is 12.2. The Morgan fingerprint density at radius 3 is 2.54 bits per heavy atom. The van der Waals surface area contributed by atoms with E-state index in [0.717, 1.165) is 17.0 Å². The second kappa shape index (κ2) is 8.38. The van der Waals surface area contributed by atoms with Crippen LogP contribution in [0.4, 0.5) is 0 Å². The average molecular weight is 387 g/mol. The lowest BCUT2D eigenvalue weighted by Crippen LogP contribution is -2.28. The number of amides is 1. The van der Waals surface area contributed by atoms with E-state index in [0.29, 0.717) is 10.2 Å². The number of carbonyl (C=O) groups is 1. The van der Waals surface area contributed by atoms with Crippen molar-refractivity contribution in [2.75, 3.05) is 5.75 Å². The number of hydrogen-bond donors (Lipinski definition) is 1. The molecule has 0 radical (unpaired) electrons. The number of thioether (sulfide) groups is 1. The molecule has 1 aromatic heterocycles. The first kappa shape index (κ1) is 18.5. The van der Waals surface area contributed by atoms with Crippen LogP contribution in [0.25, 0.3) is 11.4 Å². The lowest BCUT2D eigenvalue weighted by atomic mass is 10.1. The Labute approximate surface area is 161 Å². The van der Waals surface area contributed by atoms with Crippen molar-refractivity contribution in [3.63, 3.8) is 0 Å². The SMILES string of the molecule is C[C@H](NC(=O)CSc1nnc(-c2ccccc2)n1C)c1ccc(Cl)cc1. The summed E-state index contributed by atoms with van der Waals surface area (Å²) in [6.07, 6.45) is 0. The van der Waals surface area contributed by atoms with Crippen molar-refractivity contribution in [1.82, 2.24) is 20.1 Å². The lowest BCUT2D eigenvalue weighted by molar-refractivity contribution is -0.119. The van der Waals surface area contributed by atoms with Crippen molar-refractivity contribution in [1.29, 1.82) is 0 Å². The number of hydrogen-bond acceptors (Lipinski definition) is 4. The minimum atomic E-state index is -0.0836. The fourth-order valence-corrected chi connectivity index (χ4v) is 3.38. The third kappa shape index (κ3) is 4.45.